The fourth-order valence-electron chi connectivity index (χ4n) is 2.93. The molecule has 2 heteroatoms. The predicted molar refractivity (Wildman–Crippen MR) is 59.4 cm³/mol. The van der Waals surface area contributed by atoms with E-state index in [1.54, 1.807) is 0 Å². The van der Waals surface area contributed by atoms with E-state index in [4.69, 9.17) is 4.65 Å². The van der Waals surface area contributed by atoms with Crippen LogP contribution in [-0.2, 0) is 4.65 Å². The van der Waals surface area contributed by atoms with Crippen molar-refractivity contribution in [3.63, 3.8) is 0 Å². The molecule has 3 atom stereocenters. The molecule has 0 radical (unpaired) electrons. The van der Waals surface area contributed by atoms with E-state index in [2.05, 4.69) is 20.8 Å². The first-order valence-corrected chi connectivity index (χ1v) is 5.75. The summed E-state index contributed by atoms with van der Waals surface area (Å²) in [6, 6.07) is 0. The molecule has 0 aromatic heterocycles. The van der Waals surface area contributed by atoms with Crippen molar-refractivity contribution in [1.82, 2.24) is 0 Å². The van der Waals surface area contributed by atoms with Crippen molar-refractivity contribution >= 4 is 8.05 Å². The number of hydrogen-bond donors (Lipinski definition) is 0. The van der Waals surface area contributed by atoms with Crippen LogP contribution in [-0.4, -0.2) is 14.2 Å². The van der Waals surface area contributed by atoms with Crippen LogP contribution in [0.3, 0.4) is 0 Å². The lowest BCUT2D eigenvalue weighted by Gasteiger charge is -2.20. The molecule has 0 aromatic rings. The highest BCUT2D eigenvalue weighted by Crippen LogP contribution is 2.39. The molecule has 13 heavy (non-hydrogen) atoms. The Labute approximate surface area is 83.7 Å². The second kappa shape index (κ2) is 5.04. The molecule has 0 heterocycles. The quantitative estimate of drug-likeness (QED) is 0.606. The zero-order chi connectivity index (χ0) is 9.84. The summed E-state index contributed by atoms with van der Waals surface area (Å²) in [5, 5.41) is 0. The van der Waals surface area contributed by atoms with Gasteiger partial charge in [0.25, 0.3) is 8.05 Å². The topological polar surface area (TPSA) is 9.23 Å². The normalized spacial score (nSPS) is 34.3. The van der Waals surface area contributed by atoms with Crippen molar-refractivity contribution in [2.75, 3.05) is 0 Å². The molecule has 0 spiro atoms. The maximum Gasteiger partial charge on any atom is 0.257 e. The van der Waals surface area contributed by atoms with Gasteiger partial charge in [0.05, 0.1) is 0 Å². The first-order valence-electron chi connectivity index (χ1n) is 5.75. The molecule has 0 saturated heterocycles. The predicted octanol–water partition coefficient (Wildman–Crippen LogP) is 2.40. The molecule has 76 valence electrons. The minimum Gasteiger partial charge on any atom is -0.441 e. The smallest absolute Gasteiger partial charge is 0.257 e. The fraction of sp³-hybridized carbons (Fsp3) is 1.00. The summed E-state index contributed by atoms with van der Waals surface area (Å²) in [5.41, 5.74) is 0. The van der Waals surface area contributed by atoms with Crippen molar-refractivity contribution in [3.8, 4) is 0 Å². The third-order valence-electron chi connectivity index (χ3n) is 3.86. The van der Waals surface area contributed by atoms with E-state index < -0.39 is 0 Å². The van der Waals surface area contributed by atoms with Crippen molar-refractivity contribution in [3.05, 3.63) is 0 Å². The van der Waals surface area contributed by atoms with Gasteiger partial charge in [-0.15, -0.1) is 0 Å². The van der Waals surface area contributed by atoms with E-state index >= 15 is 0 Å². The van der Waals surface area contributed by atoms with Crippen LogP contribution >= 0.6 is 0 Å². The van der Waals surface area contributed by atoms with Gasteiger partial charge in [-0.05, 0) is 30.6 Å². The second-order valence-electron chi connectivity index (χ2n) is 4.56. The van der Waals surface area contributed by atoms with E-state index in [0.717, 1.165) is 17.8 Å². The highest BCUT2D eigenvalue weighted by molar-refractivity contribution is 5.98. The van der Waals surface area contributed by atoms with Crippen LogP contribution in [0.1, 0.15) is 46.5 Å². The molecule has 0 aliphatic heterocycles. The van der Waals surface area contributed by atoms with Gasteiger partial charge in [0.1, 0.15) is 0 Å². The standard InChI is InChI=1S/C11H23BO/c1-4-9(5-2)10-6-8(3)11(7-10)13-12/h8-11H,4-7,12H2,1-3H3. The lowest BCUT2D eigenvalue weighted by atomic mass is 9.86. The number of rotatable bonds is 4. The summed E-state index contributed by atoms with van der Waals surface area (Å²) in [6.07, 6.45) is 5.88. The molecule has 1 aliphatic rings. The van der Waals surface area contributed by atoms with Crippen LogP contribution in [0.2, 0.25) is 0 Å². The Kier molecular flexibility index (Phi) is 4.31. The highest BCUT2D eigenvalue weighted by atomic mass is 16.4. The molecule has 3 unspecified atom stereocenters. The minimum absolute atomic E-state index is 0.533. The van der Waals surface area contributed by atoms with Gasteiger partial charge >= 0.3 is 0 Å². The maximum atomic E-state index is 5.49. The Bertz CT molecular complexity index is 145. The summed E-state index contributed by atoms with van der Waals surface area (Å²) >= 11 is 0. The molecule has 0 amide bonds. The molecule has 0 aromatic carbocycles. The largest absolute Gasteiger partial charge is 0.441 e. The zero-order valence-corrected chi connectivity index (χ0v) is 9.55. The van der Waals surface area contributed by atoms with Crippen LogP contribution < -0.4 is 0 Å². The fourth-order valence-corrected chi connectivity index (χ4v) is 2.93. The van der Waals surface area contributed by atoms with Crippen molar-refractivity contribution in [2.24, 2.45) is 17.8 Å². The van der Waals surface area contributed by atoms with Crippen LogP contribution in [0.25, 0.3) is 0 Å². The van der Waals surface area contributed by atoms with Gasteiger partial charge in [0.15, 0.2) is 0 Å². The van der Waals surface area contributed by atoms with Gasteiger partial charge in [-0.25, -0.2) is 0 Å². The van der Waals surface area contributed by atoms with Crippen LogP contribution in [0.5, 0.6) is 0 Å². The average Bonchev–Trinajstić information content (AvgIpc) is 2.49. The Hall–Kier alpha value is 0.0249. The monoisotopic (exact) mass is 182 g/mol. The Morgan fingerprint density at radius 3 is 2.31 bits per heavy atom. The lowest BCUT2D eigenvalue weighted by Crippen LogP contribution is -2.14. The Morgan fingerprint density at radius 2 is 1.92 bits per heavy atom. The molecule has 1 rings (SSSR count). The third kappa shape index (κ3) is 2.49. The van der Waals surface area contributed by atoms with Gasteiger partial charge in [-0.1, -0.05) is 33.6 Å². The third-order valence-corrected chi connectivity index (χ3v) is 3.86. The lowest BCUT2D eigenvalue weighted by molar-refractivity contribution is 0.178. The van der Waals surface area contributed by atoms with Gasteiger partial charge in [0, 0.05) is 6.10 Å². The van der Waals surface area contributed by atoms with Gasteiger partial charge in [-0.2, -0.15) is 0 Å². The van der Waals surface area contributed by atoms with Gasteiger partial charge < -0.3 is 4.65 Å². The van der Waals surface area contributed by atoms with Crippen LogP contribution in [0.15, 0.2) is 0 Å². The number of hydrogen-bond acceptors (Lipinski definition) is 1. The average molecular weight is 182 g/mol. The second-order valence-corrected chi connectivity index (χ2v) is 4.56. The molecule has 1 aliphatic carbocycles. The van der Waals surface area contributed by atoms with E-state index in [-0.39, 0.29) is 0 Å². The highest BCUT2D eigenvalue weighted by Gasteiger charge is 2.33. The minimum atomic E-state index is 0.533. The molecular formula is C11H23BO. The van der Waals surface area contributed by atoms with Crippen LogP contribution in [0.4, 0.5) is 0 Å². The molecule has 1 fully saturated rings. The maximum absolute atomic E-state index is 5.49. The summed E-state index contributed by atoms with van der Waals surface area (Å²) in [5.74, 6) is 2.63. The summed E-state index contributed by atoms with van der Waals surface area (Å²) < 4.78 is 5.49. The van der Waals surface area contributed by atoms with Gasteiger partial charge in [-0.3, -0.25) is 0 Å². The van der Waals surface area contributed by atoms with Crippen LogP contribution in [0, 0.1) is 17.8 Å². The summed E-state index contributed by atoms with van der Waals surface area (Å²) in [4.78, 5) is 0. The van der Waals surface area contributed by atoms with Crippen molar-refractivity contribution in [2.45, 2.75) is 52.6 Å². The van der Waals surface area contributed by atoms with Crippen molar-refractivity contribution in [1.29, 1.82) is 0 Å². The molecule has 0 bridgehead atoms. The van der Waals surface area contributed by atoms with E-state index in [0.29, 0.717) is 6.10 Å². The Morgan fingerprint density at radius 1 is 1.31 bits per heavy atom. The van der Waals surface area contributed by atoms with E-state index in [1.807, 2.05) is 8.05 Å². The first-order chi connectivity index (χ1) is 6.22. The summed E-state index contributed by atoms with van der Waals surface area (Å²) in [7, 11) is 1.86. The zero-order valence-electron chi connectivity index (χ0n) is 9.55. The SMILES string of the molecule is BOC1CC(C(CC)CC)CC1C. The van der Waals surface area contributed by atoms with E-state index in [1.165, 1.54) is 25.7 Å². The molecule has 1 saturated carbocycles. The molecular weight excluding hydrogens is 159 g/mol. The Balaban J connectivity index is 2.46. The van der Waals surface area contributed by atoms with E-state index in [9.17, 15) is 0 Å². The molecule has 1 nitrogen and oxygen atoms in total. The summed E-state index contributed by atoms with van der Waals surface area (Å²) in [6.45, 7) is 6.97. The van der Waals surface area contributed by atoms with Gasteiger partial charge in [0.2, 0.25) is 0 Å². The van der Waals surface area contributed by atoms with Crippen molar-refractivity contribution < 1.29 is 4.65 Å². The molecule has 0 N–H and O–H groups in total. The first kappa shape index (κ1) is 11.1.